The van der Waals surface area contributed by atoms with Crippen LogP contribution in [0, 0.1) is 17.8 Å². The van der Waals surface area contributed by atoms with E-state index in [1.54, 1.807) is 0 Å². The van der Waals surface area contributed by atoms with E-state index in [-0.39, 0.29) is 11.8 Å². The van der Waals surface area contributed by atoms with Crippen LogP contribution in [0.2, 0.25) is 0 Å². The van der Waals surface area contributed by atoms with Crippen LogP contribution in [0.4, 0.5) is 5.69 Å². The van der Waals surface area contributed by atoms with Gasteiger partial charge in [0.05, 0.1) is 0 Å². The lowest BCUT2D eigenvalue weighted by Crippen LogP contribution is -2.48. The average Bonchev–Trinajstić information content (AvgIpc) is 2.68. The smallest absolute Gasteiger partial charge is 0.227 e. The van der Waals surface area contributed by atoms with Crippen LogP contribution in [0.25, 0.3) is 0 Å². The summed E-state index contributed by atoms with van der Waals surface area (Å²) in [6.07, 6.45) is 10.8. The van der Waals surface area contributed by atoms with Gasteiger partial charge in [-0.3, -0.25) is 4.79 Å². The first kappa shape index (κ1) is 18.9. The monoisotopic (exact) mass is 369 g/mol. The van der Waals surface area contributed by atoms with Gasteiger partial charge in [0.2, 0.25) is 5.91 Å². The number of carbonyl (C=O) groups excluding carboxylic acids is 1. The number of nitrogens with two attached hydrogens (primary N) is 1. The van der Waals surface area contributed by atoms with Crippen molar-refractivity contribution in [2.75, 3.05) is 25.0 Å². The first-order chi connectivity index (χ1) is 13.2. The minimum atomic E-state index is 0.138. The molecule has 1 aromatic rings. The minimum Gasteiger partial charge on any atom is -0.327 e. The van der Waals surface area contributed by atoms with E-state index in [0.29, 0.717) is 17.9 Å². The van der Waals surface area contributed by atoms with Crippen LogP contribution < -0.4 is 11.1 Å². The Labute approximate surface area is 163 Å². The standard InChI is InChI=1S/C23H35N3O/c24-22-18-5-4-6-19(22)16-20(15-18)23(27)25-21-9-7-17(8-10-21)11-14-26-12-2-1-3-13-26/h7-10,18-20,22H,1-6,11-16,24H2,(H,25,27). The molecule has 0 spiro atoms. The second kappa shape index (κ2) is 8.74. The van der Waals surface area contributed by atoms with Gasteiger partial charge in [0.1, 0.15) is 0 Å². The van der Waals surface area contributed by atoms with E-state index in [1.165, 1.54) is 57.2 Å². The van der Waals surface area contributed by atoms with E-state index < -0.39 is 0 Å². The van der Waals surface area contributed by atoms with Crippen molar-refractivity contribution in [1.29, 1.82) is 0 Å². The van der Waals surface area contributed by atoms with Crippen molar-refractivity contribution in [1.82, 2.24) is 4.90 Å². The Bertz CT molecular complexity index is 609. The zero-order valence-electron chi connectivity index (χ0n) is 16.5. The van der Waals surface area contributed by atoms with Crippen molar-refractivity contribution in [2.24, 2.45) is 23.5 Å². The van der Waals surface area contributed by atoms with Gasteiger partial charge in [-0.15, -0.1) is 0 Å². The summed E-state index contributed by atoms with van der Waals surface area (Å²) in [6.45, 7) is 3.65. The van der Waals surface area contributed by atoms with Gasteiger partial charge in [0, 0.05) is 24.2 Å². The zero-order valence-corrected chi connectivity index (χ0v) is 16.5. The summed E-state index contributed by atoms with van der Waals surface area (Å²) in [5.74, 6) is 1.43. The fourth-order valence-electron chi connectivity index (χ4n) is 5.47. The Hall–Kier alpha value is -1.39. The second-order valence-corrected chi connectivity index (χ2v) is 9.04. The summed E-state index contributed by atoms with van der Waals surface area (Å²) in [4.78, 5) is 15.3. The van der Waals surface area contributed by atoms with Crippen LogP contribution in [0.1, 0.15) is 56.9 Å². The maximum atomic E-state index is 12.8. The highest BCUT2D eigenvalue weighted by Gasteiger charge is 2.40. The molecule has 2 atom stereocenters. The zero-order chi connectivity index (χ0) is 18.6. The number of nitrogens with zero attached hydrogens (tertiary/aromatic N) is 1. The highest BCUT2D eigenvalue weighted by atomic mass is 16.1. The third-order valence-electron chi connectivity index (χ3n) is 7.17. The largest absolute Gasteiger partial charge is 0.327 e. The maximum Gasteiger partial charge on any atom is 0.227 e. The van der Waals surface area contributed by atoms with Gasteiger partial charge in [0.15, 0.2) is 0 Å². The Morgan fingerprint density at radius 2 is 1.67 bits per heavy atom. The van der Waals surface area contributed by atoms with Gasteiger partial charge in [-0.1, -0.05) is 25.0 Å². The van der Waals surface area contributed by atoms with E-state index in [1.807, 2.05) is 0 Å². The normalized spacial score (nSPS) is 31.4. The van der Waals surface area contributed by atoms with Gasteiger partial charge in [-0.05, 0) is 87.6 Å². The molecule has 1 saturated heterocycles. The van der Waals surface area contributed by atoms with Crippen LogP contribution >= 0.6 is 0 Å². The van der Waals surface area contributed by atoms with Crippen molar-refractivity contribution in [2.45, 2.75) is 63.8 Å². The van der Waals surface area contributed by atoms with Crippen LogP contribution in [0.15, 0.2) is 24.3 Å². The van der Waals surface area contributed by atoms with Gasteiger partial charge >= 0.3 is 0 Å². The summed E-state index contributed by atoms with van der Waals surface area (Å²) in [5.41, 5.74) is 8.65. The molecule has 1 heterocycles. The lowest BCUT2D eigenvalue weighted by atomic mass is 9.65. The highest BCUT2D eigenvalue weighted by molar-refractivity contribution is 5.92. The molecule has 27 heavy (non-hydrogen) atoms. The Morgan fingerprint density at radius 1 is 1.00 bits per heavy atom. The van der Waals surface area contributed by atoms with E-state index in [4.69, 9.17) is 5.73 Å². The number of rotatable bonds is 5. The molecular formula is C23H35N3O. The fourth-order valence-corrected chi connectivity index (χ4v) is 5.47. The Morgan fingerprint density at radius 3 is 2.33 bits per heavy atom. The number of anilines is 1. The average molecular weight is 370 g/mol. The molecule has 148 valence electrons. The molecule has 0 radical (unpaired) electrons. The number of hydrogen-bond acceptors (Lipinski definition) is 3. The van der Waals surface area contributed by atoms with Crippen LogP contribution in [0.3, 0.4) is 0 Å². The van der Waals surface area contributed by atoms with E-state index >= 15 is 0 Å². The van der Waals surface area contributed by atoms with Crippen molar-refractivity contribution in [3.63, 3.8) is 0 Å². The maximum absolute atomic E-state index is 12.8. The lowest BCUT2D eigenvalue weighted by Gasteiger charge is -2.43. The minimum absolute atomic E-state index is 0.138. The molecule has 1 amide bonds. The first-order valence-electron chi connectivity index (χ1n) is 11.1. The molecular weight excluding hydrogens is 334 g/mol. The Kier molecular flexibility index (Phi) is 6.14. The SMILES string of the molecule is NC1C2CCCC1CC(C(=O)Nc1ccc(CCN3CCCCC3)cc1)C2. The molecule has 2 saturated carbocycles. The predicted octanol–water partition coefficient (Wildman–Crippen LogP) is 3.81. The number of nitrogens with one attached hydrogen (secondary N) is 1. The number of carbonyl (C=O) groups is 1. The van der Waals surface area contributed by atoms with E-state index in [9.17, 15) is 4.79 Å². The number of piperidine rings is 1. The first-order valence-corrected chi connectivity index (χ1v) is 11.1. The molecule has 3 aliphatic rings. The van der Waals surface area contributed by atoms with Crippen LogP contribution in [-0.2, 0) is 11.2 Å². The van der Waals surface area contributed by atoms with E-state index in [0.717, 1.165) is 31.5 Å². The number of benzene rings is 1. The third-order valence-corrected chi connectivity index (χ3v) is 7.17. The summed E-state index contributed by atoms with van der Waals surface area (Å²) in [6, 6.07) is 8.80. The summed E-state index contributed by atoms with van der Waals surface area (Å²) < 4.78 is 0. The van der Waals surface area contributed by atoms with Crippen molar-refractivity contribution in [3.8, 4) is 0 Å². The molecule has 2 aliphatic carbocycles. The topological polar surface area (TPSA) is 58.4 Å². The Balaban J connectivity index is 1.27. The molecule has 3 N–H and O–H groups in total. The number of likely N-dealkylation sites (tertiary alicyclic amines) is 1. The lowest BCUT2D eigenvalue weighted by molar-refractivity contribution is -0.122. The number of hydrogen-bond donors (Lipinski definition) is 2. The van der Waals surface area contributed by atoms with Gasteiger partial charge in [-0.25, -0.2) is 0 Å². The summed E-state index contributed by atoms with van der Waals surface area (Å²) >= 11 is 0. The van der Waals surface area contributed by atoms with Crippen LogP contribution in [-0.4, -0.2) is 36.5 Å². The predicted molar refractivity (Wildman–Crippen MR) is 111 cm³/mol. The molecule has 1 aromatic carbocycles. The van der Waals surface area contributed by atoms with Gasteiger partial charge in [0.25, 0.3) is 0 Å². The van der Waals surface area contributed by atoms with E-state index in [2.05, 4.69) is 34.5 Å². The van der Waals surface area contributed by atoms with Crippen LogP contribution in [0.5, 0.6) is 0 Å². The number of fused-ring (bicyclic) bond motifs is 2. The second-order valence-electron chi connectivity index (χ2n) is 9.04. The summed E-state index contributed by atoms with van der Waals surface area (Å²) in [5, 5.41) is 3.16. The van der Waals surface area contributed by atoms with Crippen molar-refractivity contribution < 1.29 is 4.79 Å². The summed E-state index contributed by atoms with van der Waals surface area (Å²) in [7, 11) is 0. The highest BCUT2D eigenvalue weighted by Crippen LogP contribution is 2.42. The number of amides is 1. The van der Waals surface area contributed by atoms with Gasteiger partial charge < -0.3 is 16.0 Å². The van der Waals surface area contributed by atoms with Gasteiger partial charge in [-0.2, -0.15) is 0 Å². The van der Waals surface area contributed by atoms with Crippen molar-refractivity contribution >= 4 is 11.6 Å². The molecule has 4 nitrogen and oxygen atoms in total. The molecule has 1 aliphatic heterocycles. The molecule has 3 fully saturated rings. The molecule has 2 bridgehead atoms. The molecule has 0 aromatic heterocycles. The van der Waals surface area contributed by atoms with Crippen molar-refractivity contribution in [3.05, 3.63) is 29.8 Å². The fraction of sp³-hybridized carbons (Fsp3) is 0.696. The quantitative estimate of drug-likeness (QED) is 0.830. The molecule has 4 rings (SSSR count). The molecule has 4 heteroatoms. The third kappa shape index (κ3) is 4.72. The molecule has 2 unspecified atom stereocenters.